The number of thioether (sulfide) groups is 1. The highest BCUT2D eigenvalue weighted by Gasteiger charge is 2.47. The molecular formula is C57H68N6O13S2. The van der Waals surface area contributed by atoms with E-state index in [0.29, 0.717) is 93.9 Å². The summed E-state index contributed by atoms with van der Waals surface area (Å²) in [6, 6.07) is 26.8. The molecule has 4 aliphatic rings. The molecule has 0 aromatic heterocycles. The molecule has 0 radical (unpaired) electrons. The van der Waals surface area contributed by atoms with E-state index in [2.05, 4.69) is 35.4 Å². The molecule has 4 heterocycles. The number of hydrogen-bond acceptors (Lipinski definition) is 16. The van der Waals surface area contributed by atoms with Crippen LogP contribution in [0.5, 0.6) is 23.0 Å². The summed E-state index contributed by atoms with van der Waals surface area (Å²) in [5.74, 6) is 1.05. The zero-order valence-electron chi connectivity index (χ0n) is 44.6. The summed E-state index contributed by atoms with van der Waals surface area (Å²) in [5, 5.41) is 4.94. The van der Waals surface area contributed by atoms with Gasteiger partial charge in [-0.3, -0.25) is 18.9 Å². The molecule has 0 saturated heterocycles. The predicted octanol–water partition coefficient (Wildman–Crippen LogP) is 7.33. The first kappa shape index (κ1) is 56.0. The van der Waals surface area contributed by atoms with Crippen LogP contribution in [0.4, 0.5) is 28.4 Å². The molecule has 5 aromatic carbocycles. The number of nitrogens with one attached hydrogen (secondary N) is 2. The van der Waals surface area contributed by atoms with Crippen LogP contribution in [0.3, 0.4) is 0 Å². The lowest BCUT2D eigenvalue weighted by Crippen LogP contribution is -2.49. The summed E-state index contributed by atoms with van der Waals surface area (Å²) in [7, 11) is -0.121. The number of hydrogen-bond donors (Lipinski definition) is 4. The molecule has 0 aliphatic carbocycles. The van der Waals surface area contributed by atoms with Crippen LogP contribution < -0.4 is 50.0 Å². The normalized spacial score (nSPS) is 17.3. The van der Waals surface area contributed by atoms with Crippen molar-refractivity contribution in [2.24, 2.45) is 5.73 Å². The van der Waals surface area contributed by atoms with E-state index in [9.17, 15) is 27.4 Å². The number of carbonyl (C=O) groups is 3. The van der Waals surface area contributed by atoms with E-state index in [4.69, 9.17) is 38.9 Å². The Bertz CT molecular complexity index is 3120. The molecule has 78 heavy (non-hydrogen) atoms. The largest absolute Gasteiger partial charge is 0.493 e. The number of benzene rings is 5. The number of rotatable bonds is 26. The van der Waals surface area contributed by atoms with Crippen molar-refractivity contribution in [2.45, 2.75) is 74.9 Å². The molecule has 0 spiro atoms. The minimum absolute atomic E-state index is 0.0167. The highest BCUT2D eigenvalue weighted by molar-refractivity contribution is 8.00. The number of nitrogens with two attached hydrogens (primary N) is 1. The molecule has 5 N–H and O–H groups in total. The Morgan fingerprint density at radius 2 is 1.33 bits per heavy atom. The molecule has 416 valence electrons. The molecule has 21 heteroatoms. The van der Waals surface area contributed by atoms with Crippen LogP contribution in [0.25, 0.3) is 0 Å². The summed E-state index contributed by atoms with van der Waals surface area (Å²) in [6.07, 6.45) is 1.88. The molecular weight excluding hydrogens is 1040 g/mol. The van der Waals surface area contributed by atoms with Crippen molar-refractivity contribution in [2.75, 3.05) is 105 Å². The second-order valence-electron chi connectivity index (χ2n) is 20.2. The van der Waals surface area contributed by atoms with Crippen LogP contribution >= 0.6 is 11.8 Å². The van der Waals surface area contributed by atoms with Crippen LogP contribution in [0.1, 0.15) is 69.7 Å². The van der Waals surface area contributed by atoms with Crippen molar-refractivity contribution in [3.63, 3.8) is 0 Å². The van der Waals surface area contributed by atoms with Gasteiger partial charge in [-0.1, -0.05) is 36.4 Å². The number of carbonyl (C=O) groups excluding carboxylic acids is 3. The Balaban J connectivity index is 1.03. The number of para-hydroxylation sites is 2. The highest BCUT2D eigenvalue weighted by Crippen LogP contribution is 2.44. The van der Waals surface area contributed by atoms with Crippen LogP contribution in [-0.4, -0.2) is 133 Å². The molecule has 19 nitrogen and oxygen atoms in total. The third-order valence-electron chi connectivity index (χ3n) is 14.2. The molecule has 0 bridgehead atoms. The maximum absolute atomic E-state index is 14.4. The Morgan fingerprint density at radius 1 is 0.756 bits per heavy atom. The number of methoxy groups -OCH3 is 3. The second kappa shape index (κ2) is 24.5. The van der Waals surface area contributed by atoms with E-state index in [1.165, 1.54) is 24.1 Å². The average Bonchev–Trinajstić information content (AvgIpc) is 4.04. The fraction of sp³-hybridized carbons (Fsp3) is 0.421. The van der Waals surface area contributed by atoms with E-state index in [1.54, 1.807) is 44.2 Å². The van der Waals surface area contributed by atoms with Crippen LogP contribution in [0.15, 0.2) is 91.0 Å². The Labute approximate surface area is 459 Å². The quantitative estimate of drug-likeness (QED) is 0.0314. The third kappa shape index (κ3) is 12.7. The van der Waals surface area contributed by atoms with Crippen molar-refractivity contribution in [3.05, 3.63) is 124 Å². The van der Waals surface area contributed by atoms with Crippen molar-refractivity contribution in [1.29, 1.82) is 0 Å². The highest BCUT2D eigenvalue weighted by atomic mass is 32.2. The molecule has 0 saturated carbocycles. The zero-order chi connectivity index (χ0) is 55.1. The van der Waals surface area contributed by atoms with Crippen LogP contribution in [0, 0.1) is 0 Å². The van der Waals surface area contributed by atoms with Gasteiger partial charge in [0, 0.05) is 67.1 Å². The standard InChI is InChI=1S/C57H68N6O13S2/c1-57(2,77-22-10-15-53(58)64)35-61(16-17-73-20-21-74-19-18-70-3)40-24-36(33-75-51-30-44-42(28-49(51)71-4)55(65)62-41(32-59-44)26-38-11-6-8-13-46(38)62)23-37(25-40)34-76-52-31-45-43(29-50(52)72-5)56(66)63-47-14-9-7-12-39(47)27-48(63)54(60-45)78(67,68)69/h6-9,11-14,23-25,28-31,41,48,54,59-60H,10,15-22,26-27,32-35H2,1-5H3,(H2,58,64)(H,67,68,69)/t41-,48-,54?/m0/s1. The number of nitrogens with zero attached hydrogens (tertiary/aromatic N) is 3. The summed E-state index contributed by atoms with van der Waals surface area (Å²) in [6.45, 7) is 8.07. The predicted molar refractivity (Wildman–Crippen MR) is 301 cm³/mol. The lowest BCUT2D eigenvalue weighted by molar-refractivity contribution is -0.118. The van der Waals surface area contributed by atoms with Gasteiger partial charge in [-0.15, -0.1) is 0 Å². The smallest absolute Gasteiger partial charge is 0.288 e. The first-order valence-electron chi connectivity index (χ1n) is 26.0. The molecule has 3 atom stereocenters. The Morgan fingerprint density at radius 3 is 1.96 bits per heavy atom. The maximum atomic E-state index is 14.4. The van der Waals surface area contributed by atoms with Gasteiger partial charge in [0.15, 0.2) is 28.4 Å². The topological polar surface area (TPSA) is 230 Å². The van der Waals surface area contributed by atoms with Gasteiger partial charge >= 0.3 is 0 Å². The maximum Gasteiger partial charge on any atom is 0.288 e. The van der Waals surface area contributed by atoms with Gasteiger partial charge in [-0.05, 0) is 104 Å². The van der Waals surface area contributed by atoms with Gasteiger partial charge in [-0.25, -0.2) is 0 Å². The van der Waals surface area contributed by atoms with Crippen LogP contribution in [0.2, 0.25) is 0 Å². The summed E-state index contributed by atoms with van der Waals surface area (Å²) in [4.78, 5) is 45.8. The van der Waals surface area contributed by atoms with Crippen LogP contribution in [-0.2, 0) is 55.2 Å². The zero-order valence-corrected chi connectivity index (χ0v) is 46.2. The number of primary amides is 1. The van der Waals surface area contributed by atoms with E-state index >= 15 is 0 Å². The minimum atomic E-state index is -4.74. The van der Waals surface area contributed by atoms with E-state index < -0.39 is 27.4 Å². The van der Waals surface area contributed by atoms with Gasteiger partial charge in [0.2, 0.25) is 5.91 Å². The first-order chi connectivity index (χ1) is 37.5. The summed E-state index contributed by atoms with van der Waals surface area (Å²) < 4.78 is 78.2. The van der Waals surface area contributed by atoms with Gasteiger partial charge in [0.25, 0.3) is 21.9 Å². The number of fused-ring (bicyclic) bond motifs is 8. The minimum Gasteiger partial charge on any atom is -0.493 e. The molecule has 1 unspecified atom stereocenters. The molecule has 4 aliphatic heterocycles. The SMILES string of the molecule is COCCOCCOCCN(CC(C)(C)SCCCC(N)=O)c1cc(COc2cc3c(cc2OC)C(=O)N2c4ccccc4C[C@H]2CN3)cc(COc2cc3c(cc2OC)C(=O)N2c4ccccc4C[C@H]2C(S(=O)(=O)O)N3)c1. The molecule has 3 amide bonds. The van der Waals surface area contributed by atoms with Crippen molar-refractivity contribution >= 4 is 68.0 Å². The van der Waals surface area contributed by atoms with Gasteiger partial charge in [-0.2, -0.15) is 20.2 Å². The van der Waals surface area contributed by atoms with E-state index in [0.717, 1.165) is 45.8 Å². The van der Waals surface area contributed by atoms with E-state index in [1.807, 2.05) is 59.5 Å². The molecule has 5 aromatic rings. The van der Waals surface area contributed by atoms with Gasteiger partial charge in [0.05, 0.1) is 81.8 Å². The summed E-state index contributed by atoms with van der Waals surface area (Å²) >= 11 is 1.74. The molecule has 9 rings (SSSR count). The van der Waals surface area contributed by atoms with Crippen molar-refractivity contribution in [1.82, 2.24) is 0 Å². The third-order valence-corrected chi connectivity index (χ3v) is 16.7. The molecule has 0 fully saturated rings. The lowest BCUT2D eigenvalue weighted by Gasteiger charge is -2.34. The number of ether oxygens (including phenoxy) is 7. The van der Waals surface area contributed by atoms with Crippen molar-refractivity contribution in [3.8, 4) is 23.0 Å². The average molecular weight is 1110 g/mol. The van der Waals surface area contributed by atoms with Gasteiger partial charge < -0.3 is 64.2 Å². The van der Waals surface area contributed by atoms with Gasteiger partial charge in [0.1, 0.15) is 13.2 Å². The van der Waals surface area contributed by atoms with E-state index in [-0.39, 0.29) is 65.0 Å². The number of amides is 3. The first-order valence-corrected chi connectivity index (χ1v) is 28.5. The van der Waals surface area contributed by atoms with Crippen molar-refractivity contribution < 1.29 is 60.5 Å². The Kier molecular flexibility index (Phi) is 17.6. The second-order valence-corrected chi connectivity index (χ2v) is 23.5. The number of anilines is 5. The summed E-state index contributed by atoms with van der Waals surface area (Å²) in [5.41, 5.74) is 12.6. The fourth-order valence-electron chi connectivity index (χ4n) is 10.6. The lowest BCUT2D eigenvalue weighted by atomic mass is 10.1. The fourth-order valence-corrected chi connectivity index (χ4v) is 12.5. The Hall–Kier alpha value is -6.75. The monoisotopic (exact) mass is 1110 g/mol.